The lowest BCUT2D eigenvalue weighted by atomic mass is 10.1. The van der Waals surface area contributed by atoms with Crippen LogP contribution < -0.4 is 10.6 Å². The van der Waals surface area contributed by atoms with Crippen LogP contribution in [0.5, 0.6) is 0 Å². The highest BCUT2D eigenvalue weighted by atomic mass is 16.5. The van der Waals surface area contributed by atoms with Gasteiger partial charge in [-0.3, -0.25) is 4.79 Å². The number of hydrogen-bond donors (Lipinski definition) is 2. The Kier molecular flexibility index (Phi) is 5.26. The summed E-state index contributed by atoms with van der Waals surface area (Å²) < 4.78 is 5.35. The minimum absolute atomic E-state index is 0.0510. The molecule has 0 aliphatic rings. The summed E-state index contributed by atoms with van der Waals surface area (Å²) >= 11 is 0. The maximum absolute atomic E-state index is 11.9. The van der Waals surface area contributed by atoms with Crippen molar-refractivity contribution in [3.05, 3.63) is 59.5 Å². The summed E-state index contributed by atoms with van der Waals surface area (Å²) in [6, 6.07) is 13.3. The zero-order valence-electron chi connectivity index (χ0n) is 15.0. The van der Waals surface area contributed by atoms with Crippen LogP contribution in [0.25, 0.3) is 11.3 Å². The molecule has 2 aromatic heterocycles. The van der Waals surface area contributed by atoms with Gasteiger partial charge in [-0.2, -0.15) is 0 Å². The Labute approximate surface area is 151 Å². The molecule has 0 saturated heterocycles. The van der Waals surface area contributed by atoms with Crippen molar-refractivity contribution in [2.24, 2.45) is 0 Å². The van der Waals surface area contributed by atoms with Crippen LogP contribution in [0.2, 0.25) is 0 Å². The van der Waals surface area contributed by atoms with Crippen molar-refractivity contribution in [3.63, 3.8) is 0 Å². The van der Waals surface area contributed by atoms with Gasteiger partial charge in [-0.1, -0.05) is 35.5 Å². The van der Waals surface area contributed by atoms with Crippen molar-refractivity contribution in [1.29, 1.82) is 0 Å². The van der Waals surface area contributed by atoms with Crippen molar-refractivity contribution >= 4 is 11.7 Å². The molecule has 0 unspecified atom stereocenters. The van der Waals surface area contributed by atoms with Crippen molar-refractivity contribution in [2.45, 2.75) is 33.4 Å². The number of benzene rings is 1. The summed E-state index contributed by atoms with van der Waals surface area (Å²) in [6.45, 7) is 6.16. The number of amides is 1. The first-order valence-electron chi connectivity index (χ1n) is 8.43. The third-order valence-corrected chi connectivity index (χ3v) is 3.80. The maximum atomic E-state index is 11.9. The molecule has 0 bridgehead atoms. The minimum atomic E-state index is -0.236. The van der Waals surface area contributed by atoms with E-state index >= 15 is 0 Å². The summed E-state index contributed by atoms with van der Waals surface area (Å²) in [5.41, 5.74) is 3.04. The van der Waals surface area contributed by atoms with Crippen LogP contribution in [0.15, 0.2) is 47.0 Å². The van der Waals surface area contributed by atoms with Gasteiger partial charge in [-0.05, 0) is 32.9 Å². The summed E-state index contributed by atoms with van der Waals surface area (Å²) in [7, 11) is 0. The van der Waals surface area contributed by atoms with Gasteiger partial charge in [-0.15, -0.1) is 10.2 Å². The van der Waals surface area contributed by atoms with Crippen LogP contribution in [-0.4, -0.2) is 27.3 Å². The van der Waals surface area contributed by atoms with E-state index < -0.39 is 0 Å². The molecular weight excluding hydrogens is 330 g/mol. The molecule has 7 nitrogen and oxygen atoms in total. The van der Waals surface area contributed by atoms with E-state index in [4.69, 9.17) is 4.52 Å². The normalized spacial score (nSPS) is 10.8. The predicted octanol–water partition coefficient (Wildman–Crippen LogP) is 3.19. The number of nitrogens with zero attached hydrogens (tertiary/aromatic N) is 3. The SMILES string of the molecule is Cc1onc(-c2ccccc2)c1CNc1ccc(C(=O)NC(C)C)nn1. The number of nitrogens with one attached hydrogen (secondary N) is 2. The van der Waals surface area contributed by atoms with Crippen LogP contribution in [0.4, 0.5) is 5.82 Å². The van der Waals surface area contributed by atoms with E-state index in [2.05, 4.69) is 26.0 Å². The standard InChI is InChI=1S/C19H21N5O2/c1-12(2)21-19(25)16-9-10-17(23-22-16)20-11-15-13(3)26-24-18(15)14-7-5-4-6-8-14/h4-10,12H,11H2,1-3H3,(H,20,23)(H,21,25). The molecule has 134 valence electrons. The Morgan fingerprint density at radius 3 is 2.54 bits per heavy atom. The molecule has 2 heterocycles. The van der Waals surface area contributed by atoms with Gasteiger partial charge in [0, 0.05) is 23.7 Å². The van der Waals surface area contributed by atoms with E-state index in [1.54, 1.807) is 12.1 Å². The van der Waals surface area contributed by atoms with E-state index in [0.717, 1.165) is 22.6 Å². The third-order valence-electron chi connectivity index (χ3n) is 3.80. The highest BCUT2D eigenvalue weighted by Crippen LogP contribution is 2.25. The number of aryl methyl sites for hydroxylation is 1. The van der Waals surface area contributed by atoms with E-state index in [9.17, 15) is 4.79 Å². The van der Waals surface area contributed by atoms with Crippen molar-refractivity contribution < 1.29 is 9.32 Å². The summed E-state index contributed by atoms with van der Waals surface area (Å²) in [6.07, 6.45) is 0. The number of rotatable bonds is 6. The first-order chi connectivity index (χ1) is 12.5. The zero-order valence-corrected chi connectivity index (χ0v) is 15.0. The number of carbonyl (C=O) groups is 1. The topological polar surface area (TPSA) is 92.9 Å². The van der Waals surface area contributed by atoms with Gasteiger partial charge in [0.05, 0.1) is 0 Å². The Balaban J connectivity index is 1.70. The molecule has 0 atom stereocenters. The molecule has 1 amide bonds. The fraction of sp³-hybridized carbons (Fsp3) is 0.263. The second-order valence-corrected chi connectivity index (χ2v) is 6.22. The molecule has 26 heavy (non-hydrogen) atoms. The highest BCUT2D eigenvalue weighted by molar-refractivity contribution is 5.92. The monoisotopic (exact) mass is 351 g/mol. The predicted molar refractivity (Wildman–Crippen MR) is 98.6 cm³/mol. The van der Waals surface area contributed by atoms with Crippen molar-refractivity contribution in [1.82, 2.24) is 20.7 Å². The lowest BCUT2D eigenvalue weighted by molar-refractivity contribution is 0.0937. The van der Waals surface area contributed by atoms with Gasteiger partial charge in [0.15, 0.2) is 5.69 Å². The molecular formula is C19H21N5O2. The van der Waals surface area contributed by atoms with Crippen LogP contribution >= 0.6 is 0 Å². The number of anilines is 1. The van der Waals surface area contributed by atoms with Crippen LogP contribution in [0.3, 0.4) is 0 Å². The molecule has 0 spiro atoms. The molecule has 0 aliphatic carbocycles. The largest absolute Gasteiger partial charge is 0.364 e. The summed E-state index contributed by atoms with van der Waals surface area (Å²) in [4.78, 5) is 11.9. The minimum Gasteiger partial charge on any atom is -0.364 e. The fourth-order valence-corrected chi connectivity index (χ4v) is 2.48. The smallest absolute Gasteiger partial charge is 0.271 e. The van der Waals surface area contributed by atoms with Gasteiger partial charge in [0.2, 0.25) is 0 Å². The molecule has 0 radical (unpaired) electrons. The summed E-state index contributed by atoms with van der Waals surface area (Å²) in [5, 5.41) is 18.2. The summed E-state index contributed by atoms with van der Waals surface area (Å²) in [5.74, 6) is 1.09. The average molecular weight is 351 g/mol. The number of aromatic nitrogens is 3. The van der Waals surface area contributed by atoms with Crippen molar-refractivity contribution in [3.8, 4) is 11.3 Å². The molecule has 3 aromatic rings. The van der Waals surface area contributed by atoms with Crippen LogP contribution in [0.1, 0.15) is 35.7 Å². The second-order valence-electron chi connectivity index (χ2n) is 6.22. The van der Waals surface area contributed by atoms with Gasteiger partial charge >= 0.3 is 0 Å². The molecule has 2 N–H and O–H groups in total. The lowest BCUT2D eigenvalue weighted by Crippen LogP contribution is -2.30. The molecule has 3 rings (SSSR count). The number of hydrogen-bond acceptors (Lipinski definition) is 6. The molecule has 7 heteroatoms. The van der Waals surface area contributed by atoms with Gasteiger partial charge in [0.1, 0.15) is 17.3 Å². The zero-order chi connectivity index (χ0) is 18.5. The Hall–Kier alpha value is -3.22. The number of carbonyl (C=O) groups excluding carboxylic acids is 1. The van der Waals surface area contributed by atoms with Gasteiger partial charge in [0.25, 0.3) is 5.91 Å². The third kappa shape index (κ3) is 4.05. The maximum Gasteiger partial charge on any atom is 0.271 e. The molecule has 1 aromatic carbocycles. The first kappa shape index (κ1) is 17.6. The lowest BCUT2D eigenvalue weighted by Gasteiger charge is -2.08. The Morgan fingerprint density at radius 1 is 1.12 bits per heavy atom. The molecule has 0 aliphatic heterocycles. The van der Waals surface area contributed by atoms with Gasteiger partial charge < -0.3 is 15.2 Å². The molecule has 0 fully saturated rings. The van der Waals surface area contributed by atoms with Gasteiger partial charge in [-0.25, -0.2) is 0 Å². The van der Waals surface area contributed by atoms with E-state index in [1.165, 1.54) is 0 Å². The van der Waals surface area contributed by atoms with E-state index in [1.807, 2.05) is 51.1 Å². The Morgan fingerprint density at radius 2 is 1.88 bits per heavy atom. The average Bonchev–Trinajstić information content (AvgIpc) is 3.01. The quantitative estimate of drug-likeness (QED) is 0.708. The fourth-order valence-electron chi connectivity index (χ4n) is 2.48. The Bertz CT molecular complexity index is 873. The first-order valence-corrected chi connectivity index (χ1v) is 8.43. The van der Waals surface area contributed by atoms with Crippen LogP contribution in [-0.2, 0) is 6.54 Å². The second kappa shape index (κ2) is 7.77. The van der Waals surface area contributed by atoms with Crippen LogP contribution in [0, 0.1) is 6.92 Å². The van der Waals surface area contributed by atoms with Crippen molar-refractivity contribution in [2.75, 3.05) is 5.32 Å². The molecule has 0 saturated carbocycles. The highest BCUT2D eigenvalue weighted by Gasteiger charge is 2.15. The van der Waals surface area contributed by atoms with E-state index in [-0.39, 0.29) is 17.6 Å². The van der Waals surface area contributed by atoms with E-state index in [0.29, 0.717) is 12.4 Å².